The lowest BCUT2D eigenvalue weighted by molar-refractivity contribution is 0.102. The summed E-state index contributed by atoms with van der Waals surface area (Å²) in [6.45, 7) is 13.9. The first-order chi connectivity index (χ1) is 14.0. The van der Waals surface area contributed by atoms with Gasteiger partial charge in [-0.3, -0.25) is 9.69 Å². The van der Waals surface area contributed by atoms with Crippen LogP contribution in [0.5, 0.6) is 0 Å². The van der Waals surface area contributed by atoms with Crippen LogP contribution in [-0.4, -0.2) is 49.7 Å². The molecule has 0 radical (unpaired) electrons. The van der Waals surface area contributed by atoms with Crippen molar-refractivity contribution in [1.82, 2.24) is 4.90 Å². The van der Waals surface area contributed by atoms with Gasteiger partial charge in [0.15, 0.2) is 0 Å². The molecule has 1 heterocycles. The highest BCUT2D eigenvalue weighted by molar-refractivity contribution is 6.04. The molecule has 0 unspecified atom stereocenters. The number of aryl methyl sites for hydroxylation is 1. The molecular formula is C24H33N3O2. The van der Waals surface area contributed by atoms with E-state index < -0.39 is 0 Å². The molecular weight excluding hydrogens is 362 g/mol. The fourth-order valence-corrected chi connectivity index (χ4v) is 3.66. The zero-order chi connectivity index (χ0) is 20.8. The Kier molecular flexibility index (Phi) is 7.29. The standard InChI is InChI=1S/C24H33N3O2/c1-5-26(18(2)3)17-20-6-8-21(9-7-20)24(28)25-23-11-10-22(16-19(23)4)27-12-14-29-15-13-27/h6-11,16,18H,5,12-15,17H2,1-4H3,(H,25,28). The van der Waals surface area contributed by atoms with Crippen molar-refractivity contribution in [2.24, 2.45) is 0 Å². The van der Waals surface area contributed by atoms with Crippen LogP contribution in [0.1, 0.15) is 42.3 Å². The number of amides is 1. The maximum Gasteiger partial charge on any atom is 0.255 e. The number of anilines is 2. The summed E-state index contributed by atoms with van der Waals surface area (Å²) in [5.41, 5.74) is 5.00. The van der Waals surface area contributed by atoms with Crippen LogP contribution in [0.15, 0.2) is 42.5 Å². The van der Waals surface area contributed by atoms with Gasteiger partial charge < -0.3 is 15.0 Å². The maximum atomic E-state index is 12.7. The first-order valence-electron chi connectivity index (χ1n) is 10.6. The average molecular weight is 396 g/mol. The molecule has 0 spiro atoms. The average Bonchev–Trinajstić information content (AvgIpc) is 2.74. The molecule has 1 N–H and O–H groups in total. The third-order valence-electron chi connectivity index (χ3n) is 5.57. The number of morpholine rings is 1. The summed E-state index contributed by atoms with van der Waals surface area (Å²) >= 11 is 0. The molecule has 5 nitrogen and oxygen atoms in total. The van der Waals surface area contributed by atoms with Gasteiger partial charge in [0.1, 0.15) is 0 Å². The third kappa shape index (κ3) is 5.58. The number of ether oxygens (including phenoxy) is 1. The minimum atomic E-state index is -0.0741. The van der Waals surface area contributed by atoms with E-state index in [4.69, 9.17) is 4.74 Å². The van der Waals surface area contributed by atoms with Gasteiger partial charge in [0.2, 0.25) is 0 Å². The minimum Gasteiger partial charge on any atom is -0.378 e. The number of nitrogens with zero attached hydrogens (tertiary/aromatic N) is 2. The Morgan fingerprint density at radius 2 is 1.83 bits per heavy atom. The van der Waals surface area contributed by atoms with E-state index in [9.17, 15) is 4.79 Å². The van der Waals surface area contributed by atoms with E-state index in [2.05, 4.69) is 48.0 Å². The van der Waals surface area contributed by atoms with Crippen molar-refractivity contribution in [2.75, 3.05) is 43.1 Å². The third-order valence-corrected chi connectivity index (χ3v) is 5.57. The first-order valence-corrected chi connectivity index (χ1v) is 10.6. The number of hydrogen-bond acceptors (Lipinski definition) is 4. The predicted molar refractivity (Wildman–Crippen MR) is 120 cm³/mol. The molecule has 1 fully saturated rings. The number of rotatable bonds is 7. The van der Waals surface area contributed by atoms with E-state index in [1.165, 1.54) is 11.3 Å². The molecule has 1 saturated heterocycles. The van der Waals surface area contributed by atoms with Crippen LogP contribution in [0.3, 0.4) is 0 Å². The summed E-state index contributed by atoms with van der Waals surface area (Å²) in [6, 6.07) is 14.6. The van der Waals surface area contributed by atoms with E-state index in [1.807, 2.05) is 37.3 Å². The van der Waals surface area contributed by atoms with Crippen molar-refractivity contribution in [2.45, 2.75) is 40.3 Å². The monoisotopic (exact) mass is 395 g/mol. The minimum absolute atomic E-state index is 0.0741. The number of carbonyl (C=O) groups is 1. The van der Waals surface area contributed by atoms with Crippen LogP contribution in [0.25, 0.3) is 0 Å². The highest BCUT2D eigenvalue weighted by Gasteiger charge is 2.14. The smallest absolute Gasteiger partial charge is 0.255 e. The quantitative estimate of drug-likeness (QED) is 0.759. The second-order valence-corrected chi connectivity index (χ2v) is 7.91. The van der Waals surface area contributed by atoms with E-state index in [-0.39, 0.29) is 5.91 Å². The molecule has 0 saturated carbocycles. The summed E-state index contributed by atoms with van der Waals surface area (Å²) < 4.78 is 5.42. The molecule has 2 aromatic rings. The van der Waals surface area contributed by atoms with Crippen LogP contribution >= 0.6 is 0 Å². The molecule has 1 aliphatic heterocycles. The first kappa shape index (κ1) is 21.3. The summed E-state index contributed by atoms with van der Waals surface area (Å²) in [5.74, 6) is -0.0741. The Hall–Kier alpha value is -2.37. The molecule has 0 aromatic heterocycles. The molecule has 2 aromatic carbocycles. The zero-order valence-corrected chi connectivity index (χ0v) is 18.1. The molecule has 5 heteroatoms. The normalized spacial score (nSPS) is 14.5. The molecule has 0 bridgehead atoms. The van der Waals surface area contributed by atoms with Gasteiger partial charge in [-0.15, -0.1) is 0 Å². The van der Waals surface area contributed by atoms with Gasteiger partial charge in [-0.1, -0.05) is 19.1 Å². The Morgan fingerprint density at radius 1 is 1.14 bits per heavy atom. The van der Waals surface area contributed by atoms with E-state index in [1.54, 1.807) is 0 Å². The topological polar surface area (TPSA) is 44.8 Å². The molecule has 156 valence electrons. The lowest BCUT2D eigenvalue weighted by Crippen LogP contribution is -2.36. The Labute approximate surface area is 174 Å². The van der Waals surface area contributed by atoms with E-state index in [0.717, 1.165) is 50.6 Å². The SMILES string of the molecule is CCN(Cc1ccc(C(=O)Nc2ccc(N3CCOCC3)cc2C)cc1)C(C)C. The van der Waals surface area contributed by atoms with Gasteiger partial charge in [0.05, 0.1) is 13.2 Å². The van der Waals surface area contributed by atoms with Crippen molar-refractivity contribution in [3.8, 4) is 0 Å². The van der Waals surface area contributed by atoms with Gasteiger partial charge in [0, 0.05) is 42.6 Å². The molecule has 0 aliphatic carbocycles. The van der Waals surface area contributed by atoms with Gasteiger partial charge in [-0.25, -0.2) is 0 Å². The lowest BCUT2D eigenvalue weighted by Gasteiger charge is -2.29. The second kappa shape index (κ2) is 9.90. The van der Waals surface area contributed by atoms with E-state index >= 15 is 0 Å². The molecule has 3 rings (SSSR count). The number of nitrogens with one attached hydrogen (secondary N) is 1. The molecule has 1 amide bonds. The Bertz CT molecular complexity index is 811. The number of hydrogen-bond donors (Lipinski definition) is 1. The van der Waals surface area contributed by atoms with Crippen LogP contribution in [0, 0.1) is 6.92 Å². The highest BCUT2D eigenvalue weighted by Crippen LogP contribution is 2.24. The van der Waals surface area contributed by atoms with E-state index in [0.29, 0.717) is 11.6 Å². The van der Waals surface area contributed by atoms with Crippen LogP contribution in [0.2, 0.25) is 0 Å². The van der Waals surface area contributed by atoms with Crippen molar-refractivity contribution < 1.29 is 9.53 Å². The van der Waals surface area contributed by atoms with Crippen molar-refractivity contribution in [1.29, 1.82) is 0 Å². The number of benzene rings is 2. The van der Waals surface area contributed by atoms with Gasteiger partial charge in [0.25, 0.3) is 5.91 Å². The molecule has 1 aliphatic rings. The fraction of sp³-hybridized carbons (Fsp3) is 0.458. The second-order valence-electron chi connectivity index (χ2n) is 7.91. The summed E-state index contributed by atoms with van der Waals surface area (Å²) in [7, 11) is 0. The number of carbonyl (C=O) groups excluding carboxylic acids is 1. The van der Waals surface area contributed by atoms with Crippen molar-refractivity contribution in [3.63, 3.8) is 0 Å². The Morgan fingerprint density at radius 3 is 2.41 bits per heavy atom. The summed E-state index contributed by atoms with van der Waals surface area (Å²) in [4.78, 5) is 17.4. The van der Waals surface area contributed by atoms with Crippen molar-refractivity contribution >= 4 is 17.3 Å². The predicted octanol–water partition coefficient (Wildman–Crippen LogP) is 4.31. The van der Waals surface area contributed by atoms with Crippen molar-refractivity contribution in [3.05, 3.63) is 59.2 Å². The molecule has 29 heavy (non-hydrogen) atoms. The van der Waals surface area contributed by atoms with Crippen LogP contribution in [0.4, 0.5) is 11.4 Å². The summed E-state index contributed by atoms with van der Waals surface area (Å²) in [5, 5.41) is 3.05. The largest absolute Gasteiger partial charge is 0.378 e. The lowest BCUT2D eigenvalue weighted by atomic mass is 10.1. The van der Waals surface area contributed by atoms with Crippen LogP contribution < -0.4 is 10.2 Å². The van der Waals surface area contributed by atoms with Gasteiger partial charge >= 0.3 is 0 Å². The highest BCUT2D eigenvalue weighted by atomic mass is 16.5. The van der Waals surface area contributed by atoms with Gasteiger partial charge in [-0.05, 0) is 68.8 Å². The molecule has 0 atom stereocenters. The fourth-order valence-electron chi connectivity index (χ4n) is 3.66. The summed E-state index contributed by atoms with van der Waals surface area (Å²) in [6.07, 6.45) is 0. The zero-order valence-electron chi connectivity index (χ0n) is 18.1. The van der Waals surface area contributed by atoms with Gasteiger partial charge in [-0.2, -0.15) is 0 Å². The van der Waals surface area contributed by atoms with Crippen LogP contribution in [-0.2, 0) is 11.3 Å². The Balaban J connectivity index is 1.63. The maximum absolute atomic E-state index is 12.7.